The fourth-order valence-electron chi connectivity index (χ4n) is 10.8. The Balaban J connectivity index is 1.38. The summed E-state index contributed by atoms with van der Waals surface area (Å²) in [6, 6.07) is 4.49. The minimum absolute atomic E-state index is 0.0699. The number of rotatable bonds is 16. The lowest BCUT2D eigenvalue weighted by atomic mass is 9.77. The molecule has 72 heavy (non-hydrogen) atoms. The molecule has 3 fully saturated rings. The first-order valence-electron chi connectivity index (χ1n) is 25.3. The number of nitro benzene ring substituents is 1. The van der Waals surface area contributed by atoms with Gasteiger partial charge in [-0.25, -0.2) is 4.68 Å². The molecule has 0 spiro atoms. The number of ether oxygens (including phenoxy) is 7. The van der Waals surface area contributed by atoms with E-state index in [4.69, 9.17) is 33.2 Å². The molecule has 0 radical (unpaired) electrons. The van der Waals surface area contributed by atoms with Crippen molar-refractivity contribution in [3.8, 4) is 5.75 Å². The van der Waals surface area contributed by atoms with E-state index >= 15 is 0 Å². The van der Waals surface area contributed by atoms with Gasteiger partial charge in [-0.15, -0.1) is 5.10 Å². The molecular formula is C50H84N6O16. The van der Waals surface area contributed by atoms with Gasteiger partial charge in [-0.1, -0.05) is 26.0 Å². The maximum Gasteiger partial charge on any atom is 0.311 e. The molecule has 1 aromatic heterocycles. The molecule has 5 rings (SSSR count). The summed E-state index contributed by atoms with van der Waals surface area (Å²) in [4.78, 5) is 28.8. The zero-order valence-electron chi connectivity index (χ0n) is 44.4. The predicted octanol–water partition coefficient (Wildman–Crippen LogP) is 2.45. The van der Waals surface area contributed by atoms with Crippen LogP contribution in [0, 0.1) is 27.9 Å². The van der Waals surface area contributed by atoms with E-state index in [1.54, 1.807) is 54.7 Å². The highest BCUT2D eigenvalue weighted by atomic mass is 16.7. The maximum absolute atomic E-state index is 14.5. The molecule has 3 aliphatic rings. The molecule has 22 nitrogen and oxygen atoms in total. The summed E-state index contributed by atoms with van der Waals surface area (Å²) in [5.74, 6) is -2.51. The lowest BCUT2D eigenvalue weighted by Gasteiger charge is -2.49. The number of hydrogen-bond acceptors (Lipinski definition) is 20. The minimum atomic E-state index is -1.85. The van der Waals surface area contributed by atoms with Gasteiger partial charge < -0.3 is 73.6 Å². The quantitative estimate of drug-likeness (QED) is 0.0800. The average molecular weight is 1030 g/mol. The molecule has 0 saturated carbocycles. The van der Waals surface area contributed by atoms with Gasteiger partial charge >= 0.3 is 5.97 Å². The standard InChI is InChI=1S/C50H84N6O16/c1-14-39-50(10,63)43(59)32(6)54(12)24-28(2)22-48(8,62)45(30(4)42(31(5)46(61)70-39)71-40-23-49(9,66-13)44(60)33(7)69-40)72-47-41(58)38(21-29(3)68-47)53(11)20-19-34-25-55(52-51-34)26-36(57)27-67-37-17-15-35(16-18-37)56(64)65/h15-18,25,28-33,36,38-45,47,57-60,62-63H,14,19-24,26-27H2,1-13H3/t28-,29-,30+,31-,32-,33+,36-,38+,39-,40+,41-,42+,43-,44+,45-,47+,48-,49-,50-/m1/s1. The SMILES string of the molecule is CC[C@H]1OC(=O)[C@H](C)[C@@H](O[C@H]2C[C@@](C)(OC)[C@@H](O)[C@H](C)O2)[C@H](C)[C@@H](O[C@@H]2O[C@H](C)C[C@H](N(C)CCc3cn(C[C@@H](O)COc4ccc([N+](=O)[O-])cc4)nn3)[C@H]2O)[C@](C)(O)C[C@@H](C)CN(C)[C@H](C)[C@@H](O)[C@]1(C)O. The molecule has 4 heterocycles. The van der Waals surface area contributed by atoms with E-state index in [1.165, 1.54) is 43.0 Å². The highest BCUT2D eigenvalue weighted by Gasteiger charge is 2.53. The topological polar surface area (TPSA) is 283 Å². The van der Waals surface area contributed by atoms with Crippen LogP contribution in [-0.2, 0) is 46.2 Å². The van der Waals surface area contributed by atoms with Crippen molar-refractivity contribution in [3.05, 3.63) is 46.3 Å². The van der Waals surface area contributed by atoms with Crippen LogP contribution < -0.4 is 4.74 Å². The molecule has 3 aliphatic heterocycles. The van der Waals surface area contributed by atoms with Gasteiger partial charge in [0.1, 0.15) is 48.5 Å². The van der Waals surface area contributed by atoms with E-state index in [1.807, 2.05) is 37.7 Å². The van der Waals surface area contributed by atoms with Crippen molar-refractivity contribution in [2.75, 3.05) is 40.9 Å². The number of aromatic nitrogens is 3. The first kappa shape index (κ1) is 59.4. The van der Waals surface area contributed by atoms with E-state index in [2.05, 4.69) is 10.3 Å². The lowest BCUT2D eigenvalue weighted by Crippen LogP contribution is -2.61. The Labute approximate surface area is 423 Å². The van der Waals surface area contributed by atoms with Crippen LogP contribution >= 0.6 is 0 Å². The monoisotopic (exact) mass is 1020 g/mol. The number of hydrogen-bond donors (Lipinski definition) is 6. The predicted molar refractivity (Wildman–Crippen MR) is 261 cm³/mol. The van der Waals surface area contributed by atoms with Crippen molar-refractivity contribution in [3.63, 3.8) is 0 Å². The van der Waals surface area contributed by atoms with Crippen molar-refractivity contribution in [2.24, 2.45) is 17.8 Å². The molecule has 410 valence electrons. The largest absolute Gasteiger partial charge is 0.491 e. The van der Waals surface area contributed by atoms with Crippen LogP contribution in [0.4, 0.5) is 5.69 Å². The molecular weight excluding hydrogens is 941 g/mol. The summed E-state index contributed by atoms with van der Waals surface area (Å²) < 4.78 is 45.3. The average Bonchev–Trinajstić information content (AvgIpc) is 3.77. The third-order valence-electron chi connectivity index (χ3n) is 15.3. The van der Waals surface area contributed by atoms with E-state index in [-0.39, 0.29) is 44.0 Å². The number of non-ortho nitro benzene ring substituents is 1. The van der Waals surface area contributed by atoms with Crippen LogP contribution in [0.15, 0.2) is 30.5 Å². The first-order chi connectivity index (χ1) is 33.6. The summed E-state index contributed by atoms with van der Waals surface area (Å²) in [5, 5.41) is 89.6. The number of aliphatic hydroxyl groups is 6. The normalized spacial score (nSPS) is 39.4. The van der Waals surface area contributed by atoms with Crippen molar-refractivity contribution >= 4 is 11.7 Å². The molecule has 0 bridgehead atoms. The fourth-order valence-corrected chi connectivity index (χ4v) is 10.8. The zero-order valence-corrected chi connectivity index (χ0v) is 44.4. The Morgan fingerprint density at radius 1 is 1.00 bits per heavy atom. The van der Waals surface area contributed by atoms with E-state index in [0.717, 1.165) is 0 Å². The minimum Gasteiger partial charge on any atom is -0.491 e. The molecule has 19 atom stereocenters. The number of benzene rings is 1. The second-order valence-corrected chi connectivity index (χ2v) is 21.6. The summed E-state index contributed by atoms with van der Waals surface area (Å²) >= 11 is 0. The second kappa shape index (κ2) is 24.9. The molecule has 0 aliphatic carbocycles. The van der Waals surface area contributed by atoms with Crippen molar-refractivity contribution in [1.82, 2.24) is 24.8 Å². The number of methoxy groups -OCH3 is 1. The van der Waals surface area contributed by atoms with Gasteiger partial charge in [0.2, 0.25) is 0 Å². The number of likely N-dealkylation sites (N-methyl/N-ethyl adjacent to an activating group) is 2. The number of cyclic esters (lactones) is 1. The van der Waals surface area contributed by atoms with Gasteiger partial charge in [0, 0.05) is 69.4 Å². The molecule has 3 saturated heterocycles. The summed E-state index contributed by atoms with van der Waals surface area (Å²) in [6.07, 6.45) is -8.26. The van der Waals surface area contributed by atoms with Gasteiger partial charge in [0.25, 0.3) is 5.69 Å². The Kier molecular flexibility index (Phi) is 20.5. The van der Waals surface area contributed by atoms with E-state index < -0.39 is 119 Å². The summed E-state index contributed by atoms with van der Waals surface area (Å²) in [6.45, 7) is 18.2. The molecule has 6 N–H and O–H groups in total. The third kappa shape index (κ3) is 14.5. The highest BCUT2D eigenvalue weighted by molar-refractivity contribution is 5.73. The summed E-state index contributed by atoms with van der Waals surface area (Å²) in [5.41, 5.74) is -4.03. The smallest absolute Gasteiger partial charge is 0.311 e. The van der Waals surface area contributed by atoms with Gasteiger partial charge in [0.15, 0.2) is 12.6 Å². The molecule has 1 aromatic carbocycles. The van der Waals surface area contributed by atoms with Crippen LogP contribution in [0.2, 0.25) is 0 Å². The number of esters is 1. The van der Waals surface area contributed by atoms with Crippen molar-refractivity contribution < 1.29 is 73.5 Å². The number of carbonyl (C=O) groups is 1. The van der Waals surface area contributed by atoms with Crippen molar-refractivity contribution in [2.45, 2.75) is 204 Å². The molecule has 0 unspecified atom stereocenters. The Bertz CT molecular complexity index is 2030. The second-order valence-electron chi connectivity index (χ2n) is 21.6. The third-order valence-corrected chi connectivity index (χ3v) is 15.3. The van der Waals surface area contributed by atoms with Crippen molar-refractivity contribution in [1.29, 1.82) is 0 Å². The highest BCUT2D eigenvalue weighted by Crippen LogP contribution is 2.40. The Hall–Kier alpha value is -3.49. The van der Waals surface area contributed by atoms with Crippen LogP contribution in [0.5, 0.6) is 5.75 Å². The lowest BCUT2D eigenvalue weighted by molar-refractivity contribution is -0.384. The maximum atomic E-state index is 14.5. The van der Waals surface area contributed by atoms with Gasteiger partial charge in [0.05, 0.1) is 58.7 Å². The van der Waals surface area contributed by atoms with E-state index in [9.17, 15) is 45.5 Å². The Morgan fingerprint density at radius 3 is 2.29 bits per heavy atom. The fraction of sp³-hybridized carbons (Fsp3) is 0.820. The number of nitrogens with zero attached hydrogens (tertiary/aromatic N) is 6. The molecule has 2 aromatic rings. The molecule has 0 amide bonds. The molecule has 22 heteroatoms. The van der Waals surface area contributed by atoms with Crippen LogP contribution in [-0.4, -0.2) is 204 Å². The van der Waals surface area contributed by atoms with Gasteiger partial charge in [-0.05, 0) is 99.9 Å². The Morgan fingerprint density at radius 2 is 1.67 bits per heavy atom. The van der Waals surface area contributed by atoms with E-state index in [0.29, 0.717) is 37.4 Å². The van der Waals surface area contributed by atoms with Gasteiger partial charge in [-0.2, -0.15) is 0 Å². The van der Waals surface area contributed by atoms with Gasteiger partial charge in [-0.3, -0.25) is 14.9 Å². The van der Waals surface area contributed by atoms with Crippen LogP contribution in [0.3, 0.4) is 0 Å². The number of nitro groups is 1. The first-order valence-corrected chi connectivity index (χ1v) is 25.3. The number of aliphatic hydroxyl groups excluding tert-OH is 4. The van der Waals surface area contributed by atoms with Crippen LogP contribution in [0.1, 0.15) is 101 Å². The number of carbonyl (C=O) groups excluding carboxylic acids is 1. The van der Waals surface area contributed by atoms with Crippen LogP contribution in [0.25, 0.3) is 0 Å². The zero-order chi connectivity index (χ0) is 53.6. The summed E-state index contributed by atoms with van der Waals surface area (Å²) in [7, 11) is 5.18.